The monoisotopic (exact) mass is 234 g/mol. The van der Waals surface area contributed by atoms with E-state index in [1.165, 1.54) is 57.4 Å². The van der Waals surface area contributed by atoms with E-state index in [-0.39, 0.29) is 0 Å². The van der Waals surface area contributed by atoms with Gasteiger partial charge in [-0.2, -0.15) is 0 Å². The van der Waals surface area contributed by atoms with Crippen LogP contribution in [0.1, 0.15) is 64.7 Å². The number of hydrogen-bond acceptors (Lipinski definition) is 1. The predicted molar refractivity (Wildman–Crippen MR) is 75.8 cm³/mol. The average Bonchev–Trinajstić information content (AvgIpc) is 2.35. The summed E-state index contributed by atoms with van der Waals surface area (Å²) in [7, 11) is 0. The van der Waals surface area contributed by atoms with Gasteiger partial charge in [0.2, 0.25) is 0 Å². The number of rotatable bonds is 11. The molecule has 96 valence electrons. The minimum absolute atomic E-state index is 0.686. The Labute approximate surface area is 106 Å². The first-order chi connectivity index (χ1) is 8.41. The topological polar surface area (TPSA) is 17.1 Å². The zero-order chi connectivity index (χ0) is 12.6. The highest BCUT2D eigenvalue weighted by atomic mass is 16.1. The van der Waals surface area contributed by atoms with Gasteiger partial charge in [-0.05, 0) is 19.3 Å². The summed E-state index contributed by atoms with van der Waals surface area (Å²) in [5.74, 6) is 1.76. The summed E-state index contributed by atoms with van der Waals surface area (Å²) in [5.41, 5.74) is 0. The standard InChI is InChI=1S/C16H26O/c1-2-3-4-5-6-7-8-9-10-11-12-13-14-15-16-17/h10-13,15H,2-9,14H2,1H3/b11-10+,13-12+. The van der Waals surface area contributed by atoms with Gasteiger partial charge in [0.15, 0.2) is 0 Å². The van der Waals surface area contributed by atoms with Crippen molar-refractivity contribution < 1.29 is 4.79 Å². The summed E-state index contributed by atoms with van der Waals surface area (Å²) >= 11 is 0. The largest absolute Gasteiger partial charge is 0.234 e. The maximum absolute atomic E-state index is 9.87. The van der Waals surface area contributed by atoms with E-state index >= 15 is 0 Å². The lowest BCUT2D eigenvalue weighted by atomic mass is 10.1. The first kappa shape index (κ1) is 15.9. The third kappa shape index (κ3) is 14.9. The van der Waals surface area contributed by atoms with Crippen LogP contribution in [-0.4, -0.2) is 5.94 Å². The average molecular weight is 234 g/mol. The molecular weight excluding hydrogens is 208 g/mol. The molecule has 0 spiro atoms. The highest BCUT2D eigenvalue weighted by Gasteiger charge is 1.88. The molecule has 0 N–H and O–H groups in total. The van der Waals surface area contributed by atoms with Gasteiger partial charge >= 0.3 is 0 Å². The fourth-order valence-corrected chi connectivity index (χ4v) is 1.67. The van der Waals surface area contributed by atoms with E-state index in [0.717, 1.165) is 0 Å². The van der Waals surface area contributed by atoms with Gasteiger partial charge in [0.05, 0.1) is 0 Å². The molecule has 0 radical (unpaired) electrons. The van der Waals surface area contributed by atoms with Crippen molar-refractivity contribution in [3.05, 3.63) is 30.4 Å². The van der Waals surface area contributed by atoms with Gasteiger partial charge in [0.1, 0.15) is 5.94 Å². The Balaban J connectivity index is 3.19. The Hall–Kier alpha value is -1.07. The second kappa shape index (κ2) is 14.9. The van der Waals surface area contributed by atoms with Gasteiger partial charge in [-0.25, -0.2) is 4.79 Å². The minimum atomic E-state index is 0.686. The Morgan fingerprint density at radius 3 is 2.24 bits per heavy atom. The van der Waals surface area contributed by atoms with Gasteiger partial charge in [-0.15, -0.1) is 0 Å². The number of allylic oxidation sites excluding steroid dienone is 5. The molecule has 0 aromatic rings. The van der Waals surface area contributed by atoms with E-state index in [0.29, 0.717) is 6.42 Å². The van der Waals surface area contributed by atoms with Crippen molar-refractivity contribution in [3.8, 4) is 0 Å². The molecule has 0 atom stereocenters. The van der Waals surface area contributed by atoms with E-state index in [4.69, 9.17) is 0 Å². The van der Waals surface area contributed by atoms with Gasteiger partial charge < -0.3 is 0 Å². The Kier molecular flexibility index (Phi) is 14.0. The predicted octanol–water partition coefficient (Wildman–Crippen LogP) is 5.02. The van der Waals surface area contributed by atoms with Crippen LogP contribution in [0, 0.1) is 0 Å². The van der Waals surface area contributed by atoms with E-state index in [9.17, 15) is 4.79 Å². The molecule has 0 unspecified atom stereocenters. The third-order valence-electron chi connectivity index (χ3n) is 2.69. The van der Waals surface area contributed by atoms with Crippen molar-refractivity contribution in [1.82, 2.24) is 0 Å². The van der Waals surface area contributed by atoms with Gasteiger partial charge in [-0.1, -0.05) is 69.8 Å². The summed E-state index contributed by atoms with van der Waals surface area (Å²) < 4.78 is 0. The van der Waals surface area contributed by atoms with Crippen LogP contribution in [0.3, 0.4) is 0 Å². The van der Waals surface area contributed by atoms with Crippen LogP contribution in [0.2, 0.25) is 0 Å². The molecule has 0 bridgehead atoms. The zero-order valence-corrected chi connectivity index (χ0v) is 11.2. The Morgan fingerprint density at radius 2 is 1.53 bits per heavy atom. The van der Waals surface area contributed by atoms with Gasteiger partial charge in [0, 0.05) is 6.08 Å². The van der Waals surface area contributed by atoms with Gasteiger partial charge in [-0.3, -0.25) is 0 Å². The lowest BCUT2D eigenvalue weighted by molar-refractivity contribution is 0.568. The Morgan fingerprint density at radius 1 is 0.882 bits per heavy atom. The molecular formula is C16H26O. The van der Waals surface area contributed by atoms with Crippen molar-refractivity contribution in [2.45, 2.75) is 64.7 Å². The lowest BCUT2D eigenvalue weighted by Gasteiger charge is -1.98. The maximum atomic E-state index is 9.87. The highest BCUT2D eigenvalue weighted by molar-refractivity contribution is 5.45. The van der Waals surface area contributed by atoms with E-state index in [1.54, 1.807) is 5.94 Å². The van der Waals surface area contributed by atoms with Crippen molar-refractivity contribution >= 4 is 5.94 Å². The SMILES string of the molecule is CCCCCCCCC/C=C/C=C/CC=C=O. The fourth-order valence-electron chi connectivity index (χ4n) is 1.67. The quantitative estimate of drug-likeness (QED) is 0.279. The molecule has 1 nitrogen and oxygen atoms in total. The number of carbonyl (C=O) groups excluding carboxylic acids is 1. The zero-order valence-electron chi connectivity index (χ0n) is 11.2. The molecule has 0 heterocycles. The van der Waals surface area contributed by atoms with Crippen molar-refractivity contribution in [3.63, 3.8) is 0 Å². The second-order valence-electron chi connectivity index (χ2n) is 4.32. The van der Waals surface area contributed by atoms with E-state index in [1.807, 2.05) is 12.2 Å². The molecule has 0 saturated carbocycles. The normalized spacial score (nSPS) is 11.1. The molecule has 0 rings (SSSR count). The second-order valence-corrected chi connectivity index (χ2v) is 4.32. The molecule has 0 aliphatic carbocycles. The van der Waals surface area contributed by atoms with E-state index < -0.39 is 0 Å². The van der Waals surface area contributed by atoms with Crippen LogP contribution in [0.4, 0.5) is 0 Å². The molecule has 0 aromatic heterocycles. The first-order valence-corrected chi connectivity index (χ1v) is 6.92. The van der Waals surface area contributed by atoms with Crippen LogP contribution < -0.4 is 0 Å². The molecule has 0 aromatic carbocycles. The van der Waals surface area contributed by atoms with Crippen molar-refractivity contribution in [1.29, 1.82) is 0 Å². The van der Waals surface area contributed by atoms with Crippen LogP contribution in [0.25, 0.3) is 0 Å². The summed E-state index contributed by atoms with van der Waals surface area (Å²) in [5, 5.41) is 0. The number of hydrogen-bond donors (Lipinski definition) is 0. The molecule has 0 fully saturated rings. The van der Waals surface area contributed by atoms with Crippen molar-refractivity contribution in [2.75, 3.05) is 0 Å². The smallest absolute Gasteiger partial charge is 0.120 e. The minimum Gasteiger partial charge on any atom is -0.234 e. The maximum Gasteiger partial charge on any atom is 0.120 e. The summed E-state index contributed by atoms with van der Waals surface area (Å²) in [6, 6.07) is 0. The molecule has 0 amide bonds. The Bertz CT molecular complexity index is 244. The molecule has 17 heavy (non-hydrogen) atoms. The summed E-state index contributed by atoms with van der Waals surface area (Å²) in [6.07, 6.45) is 21.1. The van der Waals surface area contributed by atoms with Crippen LogP contribution in [0.5, 0.6) is 0 Å². The third-order valence-corrected chi connectivity index (χ3v) is 2.69. The summed E-state index contributed by atoms with van der Waals surface area (Å²) in [6.45, 7) is 2.25. The number of unbranched alkanes of at least 4 members (excludes halogenated alkanes) is 7. The van der Waals surface area contributed by atoms with Crippen molar-refractivity contribution in [2.24, 2.45) is 0 Å². The molecule has 1 heteroatoms. The molecule has 0 saturated heterocycles. The summed E-state index contributed by atoms with van der Waals surface area (Å²) in [4.78, 5) is 9.87. The van der Waals surface area contributed by atoms with E-state index in [2.05, 4.69) is 19.1 Å². The fraction of sp³-hybridized carbons (Fsp3) is 0.625. The molecule has 0 aliphatic heterocycles. The first-order valence-electron chi connectivity index (χ1n) is 6.92. The highest BCUT2D eigenvalue weighted by Crippen LogP contribution is 2.08. The van der Waals surface area contributed by atoms with Crippen LogP contribution >= 0.6 is 0 Å². The molecule has 0 aliphatic rings. The lowest BCUT2D eigenvalue weighted by Crippen LogP contribution is -1.78. The van der Waals surface area contributed by atoms with Gasteiger partial charge in [0.25, 0.3) is 0 Å². The van der Waals surface area contributed by atoms with Crippen LogP contribution in [-0.2, 0) is 4.79 Å². The van der Waals surface area contributed by atoms with Crippen LogP contribution in [0.15, 0.2) is 30.4 Å².